The molecule has 19 heavy (non-hydrogen) atoms. The number of carbonyl (C=O) groups excluding carboxylic acids is 1. The maximum Gasteiger partial charge on any atom is 0.254 e. The van der Waals surface area contributed by atoms with Crippen molar-refractivity contribution in [1.29, 1.82) is 0 Å². The summed E-state index contributed by atoms with van der Waals surface area (Å²) in [6.07, 6.45) is 2.04. The van der Waals surface area contributed by atoms with Crippen LogP contribution in [0.25, 0.3) is 0 Å². The quantitative estimate of drug-likeness (QED) is 0.903. The van der Waals surface area contributed by atoms with Gasteiger partial charge in [0.25, 0.3) is 5.91 Å². The molecule has 1 aliphatic rings. The van der Waals surface area contributed by atoms with Gasteiger partial charge in [0.2, 0.25) is 10.0 Å². The van der Waals surface area contributed by atoms with Crippen LogP contribution < -0.4 is 5.14 Å². The molecule has 2 N–H and O–H groups in total. The summed E-state index contributed by atoms with van der Waals surface area (Å²) >= 11 is 0. The minimum atomic E-state index is -3.80. The van der Waals surface area contributed by atoms with Crippen molar-refractivity contribution < 1.29 is 13.2 Å². The maximum atomic E-state index is 12.3. The fourth-order valence-electron chi connectivity index (χ4n) is 2.16. The lowest BCUT2D eigenvalue weighted by molar-refractivity contribution is 0.0752. The Labute approximate surface area is 113 Å². The van der Waals surface area contributed by atoms with Gasteiger partial charge in [-0.2, -0.15) is 0 Å². The number of amides is 1. The number of primary sulfonamides is 1. The first-order valence-electron chi connectivity index (χ1n) is 6.29. The molecule has 0 atom stereocenters. The molecule has 1 saturated carbocycles. The van der Waals surface area contributed by atoms with Crippen molar-refractivity contribution in [2.24, 2.45) is 5.14 Å². The number of rotatable bonds is 4. The first kappa shape index (κ1) is 14.0. The molecule has 1 aromatic rings. The first-order valence-corrected chi connectivity index (χ1v) is 7.83. The Hall–Kier alpha value is -1.40. The summed E-state index contributed by atoms with van der Waals surface area (Å²) in [5.74, 6) is -0.130. The number of nitrogens with two attached hydrogens (primary N) is 1. The third kappa shape index (κ3) is 2.96. The van der Waals surface area contributed by atoms with Gasteiger partial charge in [-0.15, -0.1) is 0 Å². The zero-order valence-electron chi connectivity index (χ0n) is 11.1. The zero-order valence-corrected chi connectivity index (χ0v) is 11.9. The predicted molar refractivity (Wildman–Crippen MR) is 72.3 cm³/mol. The van der Waals surface area contributed by atoms with E-state index in [-0.39, 0.29) is 10.8 Å². The second-order valence-corrected chi connectivity index (χ2v) is 6.38. The standard InChI is InChI=1S/C13H18N2O3S/c1-3-15(11-6-7-11)13(16)10-5-4-9(2)12(8-10)19(14,17)18/h4-5,8,11H,3,6-7H2,1-2H3,(H2,14,17,18). The second-order valence-electron chi connectivity index (χ2n) is 4.85. The van der Waals surface area contributed by atoms with E-state index in [0.717, 1.165) is 12.8 Å². The zero-order chi connectivity index (χ0) is 14.2. The molecule has 1 amide bonds. The molecule has 0 heterocycles. The number of hydrogen-bond acceptors (Lipinski definition) is 3. The van der Waals surface area contributed by atoms with Crippen molar-refractivity contribution in [2.45, 2.75) is 37.6 Å². The van der Waals surface area contributed by atoms with Gasteiger partial charge in [-0.05, 0) is 44.4 Å². The topological polar surface area (TPSA) is 80.5 Å². The van der Waals surface area contributed by atoms with E-state index < -0.39 is 10.0 Å². The van der Waals surface area contributed by atoms with E-state index in [4.69, 9.17) is 5.14 Å². The number of aryl methyl sites for hydroxylation is 1. The van der Waals surface area contributed by atoms with Crippen LogP contribution in [0.2, 0.25) is 0 Å². The lowest BCUT2D eigenvalue weighted by Crippen LogP contribution is -2.33. The van der Waals surface area contributed by atoms with Crippen LogP contribution in [0.4, 0.5) is 0 Å². The summed E-state index contributed by atoms with van der Waals surface area (Å²) in [5.41, 5.74) is 0.928. The van der Waals surface area contributed by atoms with Gasteiger partial charge in [0, 0.05) is 18.2 Å². The monoisotopic (exact) mass is 282 g/mol. The Bertz CT molecular complexity index is 606. The minimum absolute atomic E-state index is 0.0187. The van der Waals surface area contributed by atoms with Crippen LogP contribution in [0.5, 0.6) is 0 Å². The van der Waals surface area contributed by atoms with E-state index >= 15 is 0 Å². The number of benzene rings is 1. The summed E-state index contributed by atoms with van der Waals surface area (Å²) < 4.78 is 22.9. The Balaban J connectivity index is 2.38. The van der Waals surface area contributed by atoms with Gasteiger partial charge in [-0.3, -0.25) is 4.79 Å². The van der Waals surface area contributed by atoms with Crippen LogP contribution >= 0.6 is 0 Å². The van der Waals surface area contributed by atoms with Crippen LogP contribution in [0.1, 0.15) is 35.7 Å². The van der Waals surface area contributed by atoms with Gasteiger partial charge in [0.05, 0.1) is 4.90 Å². The Morgan fingerprint density at radius 2 is 2.05 bits per heavy atom. The maximum absolute atomic E-state index is 12.3. The third-order valence-electron chi connectivity index (χ3n) is 3.33. The number of sulfonamides is 1. The van der Waals surface area contributed by atoms with Crippen molar-refractivity contribution in [1.82, 2.24) is 4.90 Å². The molecule has 0 aliphatic heterocycles. The van der Waals surface area contributed by atoms with Crippen molar-refractivity contribution in [3.63, 3.8) is 0 Å². The largest absolute Gasteiger partial charge is 0.336 e. The van der Waals surface area contributed by atoms with E-state index in [2.05, 4.69) is 0 Å². The first-order chi connectivity index (χ1) is 8.84. The van der Waals surface area contributed by atoms with Gasteiger partial charge in [0.1, 0.15) is 0 Å². The Morgan fingerprint density at radius 1 is 1.42 bits per heavy atom. The van der Waals surface area contributed by atoms with E-state index in [1.165, 1.54) is 6.07 Å². The Kier molecular flexibility index (Phi) is 3.64. The normalized spacial score (nSPS) is 15.3. The van der Waals surface area contributed by atoms with Gasteiger partial charge in [0.15, 0.2) is 0 Å². The third-order valence-corrected chi connectivity index (χ3v) is 4.38. The molecule has 5 nitrogen and oxygen atoms in total. The summed E-state index contributed by atoms with van der Waals surface area (Å²) in [4.78, 5) is 14.1. The summed E-state index contributed by atoms with van der Waals surface area (Å²) in [5, 5.41) is 5.15. The molecular formula is C13H18N2O3S. The molecule has 1 fully saturated rings. The van der Waals surface area contributed by atoms with E-state index in [1.54, 1.807) is 24.0 Å². The summed E-state index contributed by atoms with van der Waals surface area (Å²) in [7, 11) is -3.80. The van der Waals surface area contributed by atoms with Crippen LogP contribution in [-0.2, 0) is 10.0 Å². The highest BCUT2D eigenvalue weighted by atomic mass is 32.2. The van der Waals surface area contributed by atoms with Crippen LogP contribution in [-0.4, -0.2) is 31.8 Å². The smallest absolute Gasteiger partial charge is 0.254 e. The Morgan fingerprint density at radius 3 is 2.53 bits per heavy atom. The van der Waals surface area contributed by atoms with Crippen molar-refractivity contribution in [2.75, 3.05) is 6.54 Å². The molecule has 0 saturated heterocycles. The SMILES string of the molecule is CCN(C(=O)c1ccc(C)c(S(N)(=O)=O)c1)C1CC1. The predicted octanol–water partition coefficient (Wildman–Crippen LogP) is 1.27. The molecule has 0 unspecified atom stereocenters. The lowest BCUT2D eigenvalue weighted by atomic mass is 10.1. The van der Waals surface area contributed by atoms with Gasteiger partial charge >= 0.3 is 0 Å². The average molecular weight is 282 g/mol. The van der Waals surface area contributed by atoms with E-state index in [1.807, 2.05) is 6.92 Å². The van der Waals surface area contributed by atoms with Gasteiger partial charge in [-0.25, -0.2) is 13.6 Å². The fraction of sp³-hybridized carbons (Fsp3) is 0.462. The second kappa shape index (κ2) is 4.94. The lowest BCUT2D eigenvalue weighted by Gasteiger charge is -2.20. The minimum Gasteiger partial charge on any atom is -0.336 e. The van der Waals surface area contributed by atoms with Crippen molar-refractivity contribution in [3.05, 3.63) is 29.3 Å². The highest BCUT2D eigenvalue weighted by molar-refractivity contribution is 7.89. The highest BCUT2D eigenvalue weighted by Gasteiger charge is 2.32. The van der Waals surface area contributed by atoms with Gasteiger partial charge < -0.3 is 4.90 Å². The van der Waals surface area contributed by atoms with Crippen molar-refractivity contribution >= 4 is 15.9 Å². The fourth-order valence-corrected chi connectivity index (χ4v) is 2.97. The number of carbonyl (C=O) groups is 1. The molecule has 0 bridgehead atoms. The van der Waals surface area contributed by atoms with E-state index in [0.29, 0.717) is 23.7 Å². The van der Waals surface area contributed by atoms with Crippen LogP contribution in [0.3, 0.4) is 0 Å². The highest BCUT2D eigenvalue weighted by Crippen LogP contribution is 2.28. The van der Waals surface area contributed by atoms with Crippen LogP contribution in [0.15, 0.2) is 23.1 Å². The summed E-state index contributed by atoms with van der Waals surface area (Å²) in [6.45, 7) is 4.21. The number of hydrogen-bond donors (Lipinski definition) is 1. The van der Waals surface area contributed by atoms with Gasteiger partial charge in [-0.1, -0.05) is 6.07 Å². The molecule has 1 aromatic carbocycles. The van der Waals surface area contributed by atoms with Crippen molar-refractivity contribution in [3.8, 4) is 0 Å². The molecular weight excluding hydrogens is 264 g/mol. The molecule has 1 aliphatic carbocycles. The molecule has 0 spiro atoms. The molecule has 0 radical (unpaired) electrons. The van der Waals surface area contributed by atoms with E-state index in [9.17, 15) is 13.2 Å². The van der Waals surface area contributed by atoms with Crippen LogP contribution in [0, 0.1) is 6.92 Å². The number of nitrogens with zero attached hydrogens (tertiary/aromatic N) is 1. The molecule has 2 rings (SSSR count). The summed E-state index contributed by atoms with van der Waals surface area (Å²) in [6, 6.07) is 4.94. The average Bonchev–Trinajstić information content (AvgIpc) is 3.13. The molecule has 0 aromatic heterocycles. The molecule has 6 heteroatoms. The molecule has 104 valence electrons.